The van der Waals surface area contributed by atoms with Crippen LogP contribution in [0.3, 0.4) is 0 Å². The van der Waals surface area contributed by atoms with Gasteiger partial charge in [0.1, 0.15) is 18.3 Å². The Morgan fingerprint density at radius 3 is 2.42 bits per heavy atom. The average Bonchev–Trinajstić information content (AvgIpc) is 3.60. The molecule has 0 radical (unpaired) electrons. The van der Waals surface area contributed by atoms with Crippen LogP contribution in [0.15, 0.2) is 60.7 Å². The van der Waals surface area contributed by atoms with Crippen molar-refractivity contribution in [2.24, 2.45) is 0 Å². The van der Waals surface area contributed by atoms with Gasteiger partial charge in [-0.25, -0.2) is 0 Å². The molecule has 0 aliphatic carbocycles. The van der Waals surface area contributed by atoms with Gasteiger partial charge in [0.25, 0.3) is 11.9 Å². The number of fused-ring (bicyclic) bond motifs is 2. The van der Waals surface area contributed by atoms with Gasteiger partial charge >= 0.3 is 0 Å². The highest BCUT2D eigenvalue weighted by Crippen LogP contribution is 2.35. The van der Waals surface area contributed by atoms with E-state index in [1.54, 1.807) is 7.05 Å². The smallest absolute Gasteiger partial charge is 0.295 e. The monoisotopic (exact) mass is 505 g/mol. The maximum absolute atomic E-state index is 11.8. The van der Waals surface area contributed by atoms with E-state index in [0.29, 0.717) is 23.2 Å². The number of carbonyl (C=O) groups excluding carboxylic acids is 1. The highest BCUT2D eigenvalue weighted by Gasteiger charge is 2.48. The van der Waals surface area contributed by atoms with Gasteiger partial charge in [-0.2, -0.15) is 4.98 Å². The van der Waals surface area contributed by atoms with Crippen molar-refractivity contribution in [3.8, 4) is 28.3 Å². The lowest BCUT2D eigenvalue weighted by atomic mass is 9.99. The predicted octanol–water partition coefficient (Wildman–Crippen LogP) is 3.82. The van der Waals surface area contributed by atoms with Gasteiger partial charge in [-0.1, -0.05) is 48.0 Å². The van der Waals surface area contributed by atoms with Crippen LogP contribution in [0.5, 0.6) is 6.01 Å². The third-order valence-electron chi connectivity index (χ3n) is 6.70. The SMILES string of the molecule is CNC(=O)c1ccc(-c2ccc(-c3cc4nc(OC5COC6C(O)COC56)[nH]c4cc3Cl)cc2)cc1. The Hall–Kier alpha value is -3.43. The minimum absolute atomic E-state index is 0.111. The summed E-state index contributed by atoms with van der Waals surface area (Å²) < 4.78 is 17.3. The van der Waals surface area contributed by atoms with Crippen LogP contribution in [-0.2, 0) is 9.47 Å². The molecule has 4 aromatic rings. The number of nitrogens with one attached hydrogen (secondary N) is 2. The topological polar surface area (TPSA) is 106 Å². The second-order valence-corrected chi connectivity index (χ2v) is 9.35. The minimum atomic E-state index is -0.631. The van der Waals surface area contributed by atoms with E-state index >= 15 is 0 Å². The number of aliphatic hydroxyl groups is 1. The predicted molar refractivity (Wildman–Crippen MR) is 135 cm³/mol. The van der Waals surface area contributed by atoms with Gasteiger partial charge in [0.15, 0.2) is 6.10 Å². The molecule has 8 nitrogen and oxygen atoms in total. The third kappa shape index (κ3) is 4.12. The molecule has 1 aromatic heterocycles. The molecule has 3 aromatic carbocycles. The Morgan fingerprint density at radius 2 is 1.69 bits per heavy atom. The number of H-pyrrole nitrogens is 1. The van der Waals surface area contributed by atoms with Crippen LogP contribution in [0.1, 0.15) is 10.4 Å². The highest BCUT2D eigenvalue weighted by atomic mass is 35.5. The lowest BCUT2D eigenvalue weighted by Gasteiger charge is -2.15. The summed E-state index contributed by atoms with van der Waals surface area (Å²) in [4.78, 5) is 19.5. The maximum Gasteiger partial charge on any atom is 0.295 e. The molecule has 184 valence electrons. The molecule has 9 heteroatoms. The number of benzene rings is 3. The molecular formula is C27H24ClN3O5. The Labute approximate surface area is 212 Å². The molecule has 0 spiro atoms. The first-order chi connectivity index (χ1) is 17.5. The molecule has 4 unspecified atom stereocenters. The first kappa shape index (κ1) is 23.0. The van der Waals surface area contributed by atoms with E-state index in [9.17, 15) is 9.90 Å². The zero-order valence-corrected chi connectivity index (χ0v) is 20.2. The van der Waals surface area contributed by atoms with E-state index in [1.807, 2.05) is 60.7 Å². The number of imidazole rings is 1. The van der Waals surface area contributed by atoms with Crippen molar-refractivity contribution in [3.63, 3.8) is 0 Å². The summed E-state index contributed by atoms with van der Waals surface area (Å²) in [5, 5.41) is 13.1. The standard InChI is InChI=1S/C27H24ClN3O5/c1-29-26(33)17-8-4-15(5-9-17)14-2-6-16(7-3-14)18-10-20-21(11-19(18)28)31-27(30-20)36-23-13-35-24-22(32)12-34-25(23)24/h2-11,22-25,32H,12-13H2,1H3,(H,29,33)(H,30,31). The number of aromatic amines is 1. The fourth-order valence-corrected chi connectivity index (χ4v) is 5.05. The van der Waals surface area contributed by atoms with Gasteiger partial charge < -0.3 is 29.6 Å². The van der Waals surface area contributed by atoms with Gasteiger partial charge in [0.05, 0.1) is 29.3 Å². The van der Waals surface area contributed by atoms with Crippen LogP contribution in [0.4, 0.5) is 0 Å². The van der Waals surface area contributed by atoms with Crippen molar-refractivity contribution in [3.05, 3.63) is 71.2 Å². The zero-order valence-electron chi connectivity index (χ0n) is 19.4. The van der Waals surface area contributed by atoms with E-state index in [-0.39, 0.29) is 30.8 Å². The first-order valence-corrected chi connectivity index (χ1v) is 12.1. The van der Waals surface area contributed by atoms with E-state index in [1.165, 1.54) is 0 Å². The quantitative estimate of drug-likeness (QED) is 0.381. The van der Waals surface area contributed by atoms with Crippen LogP contribution < -0.4 is 10.1 Å². The van der Waals surface area contributed by atoms with Crippen LogP contribution in [0.25, 0.3) is 33.3 Å². The Kier molecular flexibility index (Phi) is 5.89. The van der Waals surface area contributed by atoms with Gasteiger partial charge in [0, 0.05) is 18.2 Å². The molecule has 2 fully saturated rings. The number of halogens is 1. The lowest BCUT2D eigenvalue weighted by molar-refractivity contribution is 0.00706. The molecule has 2 aliphatic heterocycles. The maximum atomic E-state index is 11.8. The number of hydrogen-bond acceptors (Lipinski definition) is 6. The Balaban J connectivity index is 1.22. The number of rotatable bonds is 5. The second-order valence-electron chi connectivity index (χ2n) is 8.94. The molecule has 4 atom stereocenters. The second kappa shape index (κ2) is 9.22. The molecular weight excluding hydrogens is 482 g/mol. The van der Waals surface area contributed by atoms with Crippen LogP contribution in [0, 0.1) is 0 Å². The fourth-order valence-electron chi connectivity index (χ4n) is 4.77. The number of amides is 1. The molecule has 2 saturated heterocycles. The Bertz CT molecular complexity index is 1420. The van der Waals surface area contributed by atoms with E-state index < -0.39 is 6.10 Å². The summed E-state index contributed by atoms with van der Waals surface area (Å²) >= 11 is 6.63. The number of ether oxygens (including phenoxy) is 3. The van der Waals surface area contributed by atoms with Gasteiger partial charge in [-0.05, 0) is 41.0 Å². The van der Waals surface area contributed by atoms with Gasteiger partial charge in [-0.15, -0.1) is 0 Å². The fraction of sp³-hybridized carbons (Fsp3) is 0.259. The van der Waals surface area contributed by atoms with Crippen molar-refractivity contribution in [1.82, 2.24) is 15.3 Å². The van der Waals surface area contributed by atoms with Gasteiger partial charge in [0.2, 0.25) is 0 Å². The summed E-state index contributed by atoms with van der Waals surface area (Å²) in [6.45, 7) is 0.574. The molecule has 3 heterocycles. The lowest BCUT2D eigenvalue weighted by Crippen LogP contribution is -2.34. The molecule has 2 aliphatic rings. The summed E-state index contributed by atoms with van der Waals surface area (Å²) in [7, 11) is 1.62. The molecule has 36 heavy (non-hydrogen) atoms. The van der Waals surface area contributed by atoms with Crippen LogP contribution >= 0.6 is 11.6 Å². The largest absolute Gasteiger partial charge is 0.456 e. The molecule has 0 bridgehead atoms. The van der Waals surface area contributed by atoms with Crippen molar-refractivity contribution in [2.75, 3.05) is 20.3 Å². The van der Waals surface area contributed by atoms with E-state index in [2.05, 4.69) is 15.3 Å². The van der Waals surface area contributed by atoms with Crippen molar-refractivity contribution >= 4 is 28.5 Å². The highest BCUT2D eigenvalue weighted by molar-refractivity contribution is 6.34. The molecule has 1 amide bonds. The molecule has 6 rings (SSSR count). The summed E-state index contributed by atoms with van der Waals surface area (Å²) in [5.74, 6) is -0.111. The third-order valence-corrected chi connectivity index (χ3v) is 7.01. The summed E-state index contributed by atoms with van der Waals surface area (Å²) in [5.41, 5.74) is 5.96. The van der Waals surface area contributed by atoms with Crippen molar-refractivity contribution in [2.45, 2.75) is 24.4 Å². The van der Waals surface area contributed by atoms with Crippen LogP contribution in [-0.4, -0.2) is 65.7 Å². The van der Waals surface area contributed by atoms with Crippen LogP contribution in [0.2, 0.25) is 5.02 Å². The van der Waals surface area contributed by atoms with E-state index in [4.69, 9.17) is 25.8 Å². The number of nitrogens with zero attached hydrogens (tertiary/aromatic N) is 1. The van der Waals surface area contributed by atoms with Gasteiger partial charge in [-0.3, -0.25) is 4.79 Å². The first-order valence-electron chi connectivity index (χ1n) is 11.7. The summed E-state index contributed by atoms with van der Waals surface area (Å²) in [6.07, 6.45) is -1.65. The average molecular weight is 506 g/mol. The number of carbonyl (C=O) groups is 1. The minimum Gasteiger partial charge on any atom is -0.456 e. The molecule has 0 saturated carbocycles. The Morgan fingerprint density at radius 1 is 1.03 bits per heavy atom. The van der Waals surface area contributed by atoms with E-state index in [0.717, 1.165) is 33.3 Å². The number of hydrogen-bond donors (Lipinski definition) is 3. The number of aromatic nitrogens is 2. The summed E-state index contributed by atoms with van der Waals surface area (Å²) in [6, 6.07) is 19.7. The normalized spacial score (nSPS) is 23.1. The number of aliphatic hydroxyl groups excluding tert-OH is 1. The zero-order chi connectivity index (χ0) is 24.8. The van der Waals surface area contributed by atoms with Crippen molar-refractivity contribution in [1.29, 1.82) is 0 Å². The van der Waals surface area contributed by atoms with Crippen molar-refractivity contribution < 1.29 is 24.1 Å². The molecule has 3 N–H and O–H groups in total.